The van der Waals surface area contributed by atoms with Crippen LogP contribution in [-0.2, 0) is 4.79 Å². The summed E-state index contributed by atoms with van der Waals surface area (Å²) in [6.07, 6.45) is -1.59. The van der Waals surface area contributed by atoms with Gasteiger partial charge in [0.1, 0.15) is 0 Å². The number of carboxylic acids is 1. The van der Waals surface area contributed by atoms with Crippen molar-refractivity contribution in [3.8, 4) is 0 Å². The smallest absolute Gasteiger partial charge is 0.354 e. The van der Waals surface area contributed by atoms with E-state index in [1.807, 2.05) is 48.5 Å². The minimum Gasteiger partial charge on any atom is -0.478 e. The van der Waals surface area contributed by atoms with Gasteiger partial charge in [-0.25, -0.2) is 4.79 Å². The predicted octanol–water partition coefficient (Wildman–Crippen LogP) is 2.69. The van der Waals surface area contributed by atoms with Crippen LogP contribution < -0.4 is 4.90 Å². The molecule has 2 aromatic carbocycles. The second-order valence-electron chi connectivity index (χ2n) is 4.12. The normalized spacial score (nSPS) is 14.5. The van der Waals surface area contributed by atoms with Crippen molar-refractivity contribution in [1.82, 2.24) is 0 Å². The first kappa shape index (κ1) is 12.1. The molecular weight excluding hydrogens is 262 g/mol. The predicted molar refractivity (Wildman–Crippen MR) is 72.8 cm³/mol. The highest BCUT2D eigenvalue weighted by molar-refractivity contribution is 7.99. The van der Waals surface area contributed by atoms with E-state index in [1.54, 1.807) is 11.8 Å². The Morgan fingerprint density at radius 1 is 1.00 bits per heavy atom. The SMILES string of the molecule is O=C(O)C(O)N1c2ccccc2Sc2ccccc21. The zero-order valence-electron chi connectivity index (χ0n) is 9.85. The molecule has 0 fully saturated rings. The third-order valence-electron chi connectivity index (χ3n) is 2.93. The molecule has 1 unspecified atom stereocenters. The number of fused-ring (bicyclic) bond motifs is 2. The van der Waals surface area contributed by atoms with Crippen LogP contribution in [-0.4, -0.2) is 22.4 Å². The molecule has 0 aromatic heterocycles. The Morgan fingerprint density at radius 3 is 1.95 bits per heavy atom. The van der Waals surface area contributed by atoms with Crippen LogP contribution in [0.5, 0.6) is 0 Å². The van der Waals surface area contributed by atoms with E-state index in [0.717, 1.165) is 9.79 Å². The Bertz CT molecular complexity index is 599. The number of benzene rings is 2. The molecule has 1 heterocycles. The Labute approximate surface area is 114 Å². The van der Waals surface area contributed by atoms with Gasteiger partial charge in [-0.05, 0) is 24.3 Å². The number of hydrogen-bond donors (Lipinski definition) is 2. The molecular formula is C14H11NO3S. The van der Waals surface area contributed by atoms with E-state index in [-0.39, 0.29) is 0 Å². The van der Waals surface area contributed by atoms with Gasteiger partial charge >= 0.3 is 5.97 Å². The number of rotatable bonds is 2. The van der Waals surface area contributed by atoms with Crippen LogP contribution in [0.1, 0.15) is 0 Å². The van der Waals surface area contributed by atoms with E-state index >= 15 is 0 Å². The molecule has 2 aromatic rings. The first-order valence-corrected chi connectivity index (χ1v) is 6.56. The summed E-state index contributed by atoms with van der Waals surface area (Å²) >= 11 is 1.57. The second kappa shape index (κ2) is 4.60. The summed E-state index contributed by atoms with van der Waals surface area (Å²) in [4.78, 5) is 14.4. The third kappa shape index (κ3) is 1.97. The number of anilines is 2. The van der Waals surface area contributed by atoms with E-state index in [0.29, 0.717) is 11.4 Å². The summed E-state index contributed by atoms with van der Waals surface area (Å²) in [5.74, 6) is -1.27. The van der Waals surface area contributed by atoms with Crippen molar-refractivity contribution < 1.29 is 15.0 Å². The Balaban J connectivity index is 2.19. The number of aliphatic carboxylic acids is 1. The van der Waals surface area contributed by atoms with Gasteiger partial charge in [-0.3, -0.25) is 0 Å². The Morgan fingerprint density at radius 2 is 1.47 bits per heavy atom. The summed E-state index contributed by atoms with van der Waals surface area (Å²) < 4.78 is 0. The van der Waals surface area contributed by atoms with Gasteiger partial charge in [-0.1, -0.05) is 36.0 Å². The van der Waals surface area contributed by atoms with Gasteiger partial charge in [0.05, 0.1) is 11.4 Å². The summed E-state index contributed by atoms with van der Waals surface area (Å²) in [6.45, 7) is 0. The van der Waals surface area contributed by atoms with Crippen molar-refractivity contribution in [2.45, 2.75) is 16.0 Å². The quantitative estimate of drug-likeness (QED) is 0.881. The molecule has 19 heavy (non-hydrogen) atoms. The summed E-state index contributed by atoms with van der Waals surface area (Å²) in [5.41, 5.74) is 1.42. The molecule has 1 atom stereocenters. The van der Waals surface area contributed by atoms with Crippen molar-refractivity contribution in [2.24, 2.45) is 0 Å². The molecule has 0 radical (unpaired) electrons. The lowest BCUT2D eigenvalue weighted by Gasteiger charge is -2.34. The standard InChI is InChI=1S/C14H11NO3S/c16-13(14(17)18)15-9-5-1-3-7-11(9)19-12-8-4-2-6-10(12)15/h1-8,13,16H,(H,17,18). The molecule has 4 nitrogen and oxygen atoms in total. The van der Waals surface area contributed by atoms with Gasteiger partial charge in [-0.15, -0.1) is 0 Å². The molecule has 3 rings (SSSR count). The highest BCUT2D eigenvalue weighted by Crippen LogP contribution is 2.48. The molecule has 1 aliphatic heterocycles. The van der Waals surface area contributed by atoms with Gasteiger partial charge < -0.3 is 15.1 Å². The van der Waals surface area contributed by atoms with Crippen LogP contribution in [0.15, 0.2) is 58.3 Å². The number of carbonyl (C=O) groups is 1. The van der Waals surface area contributed by atoms with E-state index < -0.39 is 12.2 Å². The second-order valence-corrected chi connectivity index (χ2v) is 5.20. The fourth-order valence-electron chi connectivity index (χ4n) is 2.11. The maximum Gasteiger partial charge on any atom is 0.354 e. The van der Waals surface area contributed by atoms with Gasteiger partial charge in [0.15, 0.2) is 0 Å². The number of carboxylic acid groups (broad SMARTS) is 1. The van der Waals surface area contributed by atoms with Crippen LogP contribution in [0, 0.1) is 0 Å². The van der Waals surface area contributed by atoms with E-state index in [9.17, 15) is 9.90 Å². The lowest BCUT2D eigenvalue weighted by molar-refractivity contribution is -0.146. The van der Waals surface area contributed by atoms with E-state index in [2.05, 4.69) is 0 Å². The lowest BCUT2D eigenvalue weighted by Crippen LogP contribution is -2.39. The number of aliphatic hydroxyl groups is 1. The third-order valence-corrected chi connectivity index (χ3v) is 4.07. The van der Waals surface area contributed by atoms with Gasteiger partial charge in [0.2, 0.25) is 6.23 Å². The van der Waals surface area contributed by atoms with E-state index in [1.165, 1.54) is 4.90 Å². The van der Waals surface area contributed by atoms with Gasteiger partial charge in [0.25, 0.3) is 0 Å². The first-order chi connectivity index (χ1) is 9.18. The highest BCUT2D eigenvalue weighted by Gasteiger charge is 2.31. The molecule has 0 saturated carbocycles. The van der Waals surface area contributed by atoms with Crippen molar-refractivity contribution in [3.63, 3.8) is 0 Å². The Kier molecular flexibility index (Phi) is 2.93. The minimum atomic E-state index is -1.59. The van der Waals surface area contributed by atoms with Crippen molar-refractivity contribution in [1.29, 1.82) is 0 Å². The fourth-order valence-corrected chi connectivity index (χ4v) is 3.18. The van der Waals surface area contributed by atoms with Crippen LogP contribution >= 0.6 is 11.8 Å². The average Bonchev–Trinajstić information content (AvgIpc) is 2.43. The van der Waals surface area contributed by atoms with Crippen LogP contribution in [0.4, 0.5) is 11.4 Å². The zero-order chi connectivity index (χ0) is 13.4. The van der Waals surface area contributed by atoms with Crippen molar-refractivity contribution in [2.75, 3.05) is 4.90 Å². The molecule has 0 aliphatic carbocycles. The zero-order valence-corrected chi connectivity index (χ0v) is 10.7. The van der Waals surface area contributed by atoms with Gasteiger partial charge in [-0.2, -0.15) is 0 Å². The maximum atomic E-state index is 11.1. The van der Waals surface area contributed by atoms with Crippen LogP contribution in [0.25, 0.3) is 0 Å². The average molecular weight is 273 g/mol. The number of aliphatic hydroxyl groups excluding tert-OH is 1. The first-order valence-electron chi connectivity index (χ1n) is 5.74. The van der Waals surface area contributed by atoms with Gasteiger partial charge in [0, 0.05) is 9.79 Å². The molecule has 0 saturated heterocycles. The molecule has 5 heteroatoms. The molecule has 0 amide bonds. The van der Waals surface area contributed by atoms with E-state index in [4.69, 9.17) is 5.11 Å². The summed E-state index contributed by atoms with van der Waals surface area (Å²) in [7, 11) is 0. The summed E-state index contributed by atoms with van der Waals surface area (Å²) in [6, 6.07) is 14.9. The molecule has 1 aliphatic rings. The molecule has 0 spiro atoms. The topological polar surface area (TPSA) is 60.8 Å². The van der Waals surface area contributed by atoms with Crippen molar-refractivity contribution in [3.05, 3.63) is 48.5 Å². The monoisotopic (exact) mass is 273 g/mol. The summed E-state index contributed by atoms with van der Waals surface area (Å²) in [5, 5.41) is 19.0. The molecule has 2 N–H and O–H groups in total. The van der Waals surface area contributed by atoms with Crippen molar-refractivity contribution >= 4 is 29.1 Å². The Hall–Kier alpha value is -1.98. The molecule has 0 bridgehead atoms. The lowest BCUT2D eigenvalue weighted by atomic mass is 10.2. The molecule has 96 valence electrons. The number of para-hydroxylation sites is 2. The number of hydrogen-bond acceptors (Lipinski definition) is 4. The van der Waals surface area contributed by atoms with Crippen LogP contribution in [0.2, 0.25) is 0 Å². The van der Waals surface area contributed by atoms with Crippen LogP contribution in [0.3, 0.4) is 0 Å². The largest absolute Gasteiger partial charge is 0.478 e. The highest BCUT2D eigenvalue weighted by atomic mass is 32.2. The maximum absolute atomic E-state index is 11.1. The minimum absolute atomic E-state index is 0.709. The number of nitrogens with zero attached hydrogens (tertiary/aromatic N) is 1. The fraction of sp³-hybridized carbons (Fsp3) is 0.0714.